The first-order valence-electron chi connectivity index (χ1n) is 7.54. The lowest BCUT2D eigenvalue weighted by atomic mass is 10.1. The Hall–Kier alpha value is -1.95. The van der Waals surface area contributed by atoms with Crippen molar-refractivity contribution in [2.45, 2.75) is 33.1 Å². The molecule has 0 aliphatic rings. The molecule has 0 atom stereocenters. The molecule has 0 heterocycles. The highest BCUT2D eigenvalue weighted by atomic mass is 35.5. The van der Waals surface area contributed by atoms with E-state index < -0.39 is 5.97 Å². The Balaban J connectivity index is 2.63. The average Bonchev–Trinajstić information content (AvgIpc) is 2.49. The Kier molecular flexibility index (Phi) is 8.26. The van der Waals surface area contributed by atoms with Crippen LogP contribution in [0.25, 0.3) is 0 Å². The van der Waals surface area contributed by atoms with Crippen LogP contribution >= 0.6 is 11.6 Å². The van der Waals surface area contributed by atoms with Gasteiger partial charge in [-0.3, -0.25) is 9.59 Å². The van der Waals surface area contributed by atoms with Crippen molar-refractivity contribution < 1.29 is 24.2 Å². The number of rotatable bonds is 10. The standard InChI is InChI=1S/C16H22ClNO5/c1-3-22-13-10-11(9-12(17)16(13)23-4-2)7-8-18-14(19)5-6-15(20)21/h9-10H,3-8H2,1-2H3,(H,18,19)(H,20,21). The maximum atomic E-state index is 11.5. The lowest BCUT2D eigenvalue weighted by Gasteiger charge is -2.14. The molecule has 0 radical (unpaired) electrons. The minimum Gasteiger partial charge on any atom is -0.490 e. The van der Waals surface area contributed by atoms with Crippen molar-refractivity contribution >= 4 is 23.5 Å². The third-order valence-electron chi connectivity index (χ3n) is 2.96. The number of carboxylic acid groups (broad SMARTS) is 1. The Morgan fingerprint density at radius 1 is 1.17 bits per heavy atom. The molecule has 2 N–H and O–H groups in total. The van der Waals surface area contributed by atoms with E-state index in [0.717, 1.165) is 5.56 Å². The number of halogens is 1. The summed E-state index contributed by atoms with van der Waals surface area (Å²) >= 11 is 6.22. The normalized spacial score (nSPS) is 10.2. The minimum absolute atomic E-state index is 0.0242. The summed E-state index contributed by atoms with van der Waals surface area (Å²) in [6.07, 6.45) is 0.365. The van der Waals surface area contributed by atoms with Crippen LogP contribution in [0, 0.1) is 0 Å². The Bertz CT molecular complexity index is 548. The van der Waals surface area contributed by atoms with Gasteiger partial charge >= 0.3 is 5.97 Å². The number of amides is 1. The molecule has 128 valence electrons. The summed E-state index contributed by atoms with van der Waals surface area (Å²) in [5.41, 5.74) is 0.903. The number of ether oxygens (including phenoxy) is 2. The van der Waals surface area contributed by atoms with Crippen LogP contribution in [0.4, 0.5) is 0 Å². The lowest BCUT2D eigenvalue weighted by Crippen LogP contribution is -2.26. The van der Waals surface area contributed by atoms with Crippen LogP contribution in [0.3, 0.4) is 0 Å². The summed E-state index contributed by atoms with van der Waals surface area (Å²) in [6, 6.07) is 3.61. The molecule has 0 aliphatic carbocycles. The van der Waals surface area contributed by atoms with Crippen molar-refractivity contribution in [2.24, 2.45) is 0 Å². The molecular formula is C16H22ClNO5. The first kappa shape index (κ1) is 19.1. The van der Waals surface area contributed by atoms with E-state index in [4.69, 9.17) is 26.2 Å². The predicted molar refractivity (Wildman–Crippen MR) is 87.4 cm³/mol. The summed E-state index contributed by atoms with van der Waals surface area (Å²) in [4.78, 5) is 21.9. The minimum atomic E-state index is -0.986. The van der Waals surface area contributed by atoms with Crippen molar-refractivity contribution in [2.75, 3.05) is 19.8 Å². The van der Waals surface area contributed by atoms with Crippen molar-refractivity contribution in [1.82, 2.24) is 5.32 Å². The van der Waals surface area contributed by atoms with Crippen LogP contribution in [0.15, 0.2) is 12.1 Å². The van der Waals surface area contributed by atoms with Crippen LogP contribution in [-0.2, 0) is 16.0 Å². The van der Waals surface area contributed by atoms with Gasteiger partial charge in [-0.1, -0.05) is 11.6 Å². The fraction of sp³-hybridized carbons (Fsp3) is 0.500. The first-order chi connectivity index (χ1) is 11.0. The number of hydrogen-bond donors (Lipinski definition) is 2. The number of carboxylic acids is 1. The molecule has 6 nitrogen and oxygen atoms in total. The van der Waals surface area contributed by atoms with E-state index in [-0.39, 0.29) is 18.7 Å². The van der Waals surface area contributed by atoms with Crippen molar-refractivity contribution in [3.63, 3.8) is 0 Å². The van der Waals surface area contributed by atoms with E-state index in [1.54, 1.807) is 6.07 Å². The number of hydrogen-bond acceptors (Lipinski definition) is 4. The van der Waals surface area contributed by atoms with Crippen molar-refractivity contribution in [3.05, 3.63) is 22.7 Å². The second-order valence-electron chi connectivity index (χ2n) is 4.76. The molecule has 0 fully saturated rings. The molecule has 0 saturated carbocycles. The highest BCUT2D eigenvalue weighted by Gasteiger charge is 2.12. The van der Waals surface area contributed by atoms with Gasteiger partial charge in [0.1, 0.15) is 0 Å². The molecule has 0 spiro atoms. The van der Waals surface area contributed by atoms with E-state index in [0.29, 0.717) is 42.7 Å². The van der Waals surface area contributed by atoms with Gasteiger partial charge in [-0.25, -0.2) is 0 Å². The van der Waals surface area contributed by atoms with E-state index in [1.165, 1.54) is 0 Å². The number of carbonyl (C=O) groups is 2. The SMILES string of the molecule is CCOc1cc(CCNC(=O)CCC(=O)O)cc(Cl)c1OCC. The van der Waals surface area contributed by atoms with Crippen LogP contribution in [0.2, 0.25) is 5.02 Å². The van der Waals surface area contributed by atoms with Gasteiger partial charge in [-0.15, -0.1) is 0 Å². The fourth-order valence-electron chi connectivity index (χ4n) is 1.97. The molecular weight excluding hydrogens is 322 g/mol. The van der Waals surface area contributed by atoms with Crippen LogP contribution in [0.1, 0.15) is 32.3 Å². The van der Waals surface area contributed by atoms with Crippen LogP contribution < -0.4 is 14.8 Å². The zero-order valence-electron chi connectivity index (χ0n) is 13.4. The topological polar surface area (TPSA) is 84.9 Å². The Labute approximate surface area is 140 Å². The smallest absolute Gasteiger partial charge is 0.303 e. The lowest BCUT2D eigenvalue weighted by molar-refractivity contribution is -0.138. The van der Waals surface area contributed by atoms with Gasteiger partial charge in [0, 0.05) is 13.0 Å². The van der Waals surface area contributed by atoms with Gasteiger partial charge in [0.15, 0.2) is 11.5 Å². The van der Waals surface area contributed by atoms with Gasteiger partial charge in [0.2, 0.25) is 5.91 Å². The van der Waals surface area contributed by atoms with Gasteiger partial charge < -0.3 is 19.9 Å². The van der Waals surface area contributed by atoms with Gasteiger partial charge in [-0.05, 0) is 38.0 Å². The van der Waals surface area contributed by atoms with Crippen LogP contribution in [0.5, 0.6) is 11.5 Å². The van der Waals surface area contributed by atoms with E-state index >= 15 is 0 Å². The molecule has 0 bridgehead atoms. The number of aliphatic carboxylic acids is 1. The molecule has 0 aromatic heterocycles. The van der Waals surface area contributed by atoms with Crippen LogP contribution in [-0.4, -0.2) is 36.7 Å². The van der Waals surface area contributed by atoms with E-state index in [1.807, 2.05) is 19.9 Å². The maximum Gasteiger partial charge on any atom is 0.303 e. The van der Waals surface area contributed by atoms with Gasteiger partial charge in [-0.2, -0.15) is 0 Å². The molecule has 1 aromatic carbocycles. The van der Waals surface area contributed by atoms with Crippen molar-refractivity contribution in [1.29, 1.82) is 0 Å². The summed E-state index contributed by atoms with van der Waals surface area (Å²) in [6.45, 7) is 5.12. The number of carbonyl (C=O) groups excluding carboxylic acids is 1. The monoisotopic (exact) mass is 343 g/mol. The highest BCUT2D eigenvalue weighted by molar-refractivity contribution is 6.32. The highest BCUT2D eigenvalue weighted by Crippen LogP contribution is 2.36. The average molecular weight is 344 g/mol. The maximum absolute atomic E-state index is 11.5. The van der Waals surface area contributed by atoms with E-state index in [2.05, 4.69) is 5.32 Å². The first-order valence-corrected chi connectivity index (χ1v) is 7.92. The quantitative estimate of drug-likeness (QED) is 0.682. The van der Waals surface area contributed by atoms with E-state index in [9.17, 15) is 9.59 Å². The third-order valence-corrected chi connectivity index (χ3v) is 3.24. The summed E-state index contributed by atoms with van der Waals surface area (Å²) < 4.78 is 11.0. The Morgan fingerprint density at radius 2 is 1.87 bits per heavy atom. The second-order valence-corrected chi connectivity index (χ2v) is 5.17. The summed E-state index contributed by atoms with van der Waals surface area (Å²) in [7, 11) is 0. The third kappa shape index (κ3) is 6.78. The van der Waals surface area contributed by atoms with Gasteiger partial charge in [0.05, 0.1) is 24.7 Å². The predicted octanol–water partition coefficient (Wildman–Crippen LogP) is 2.66. The molecule has 0 unspecified atom stereocenters. The van der Waals surface area contributed by atoms with Crippen molar-refractivity contribution in [3.8, 4) is 11.5 Å². The zero-order chi connectivity index (χ0) is 17.2. The summed E-state index contributed by atoms with van der Waals surface area (Å²) in [5.74, 6) is -0.173. The Morgan fingerprint density at radius 3 is 2.48 bits per heavy atom. The summed E-state index contributed by atoms with van der Waals surface area (Å²) in [5, 5.41) is 11.7. The molecule has 0 aliphatic heterocycles. The number of nitrogens with one attached hydrogen (secondary N) is 1. The molecule has 1 aromatic rings. The molecule has 1 amide bonds. The molecule has 0 saturated heterocycles. The fourth-order valence-corrected chi connectivity index (χ4v) is 2.26. The zero-order valence-corrected chi connectivity index (χ0v) is 14.1. The second kappa shape index (κ2) is 9.94. The number of benzene rings is 1. The molecule has 23 heavy (non-hydrogen) atoms. The molecule has 7 heteroatoms. The largest absolute Gasteiger partial charge is 0.490 e. The van der Waals surface area contributed by atoms with Gasteiger partial charge in [0.25, 0.3) is 0 Å². The molecule has 1 rings (SSSR count).